The quantitative estimate of drug-likeness (QED) is 0.760. The molecule has 2 atom stereocenters. The fourth-order valence-corrected chi connectivity index (χ4v) is 2.55. The molecule has 0 heterocycles. The van der Waals surface area contributed by atoms with E-state index < -0.39 is 0 Å². The van der Waals surface area contributed by atoms with Gasteiger partial charge in [0.05, 0.1) is 16.6 Å². The van der Waals surface area contributed by atoms with Gasteiger partial charge < -0.3 is 10.1 Å². The zero-order chi connectivity index (χ0) is 14.3. The van der Waals surface area contributed by atoms with Crippen molar-refractivity contribution in [2.45, 2.75) is 45.8 Å². The minimum atomic E-state index is -0.200. The number of hydrogen-bond acceptors (Lipinski definition) is 2. The van der Waals surface area contributed by atoms with Gasteiger partial charge in [-0.3, -0.25) is 0 Å². The molecule has 108 valence electrons. The van der Waals surface area contributed by atoms with Crippen molar-refractivity contribution in [3.63, 3.8) is 0 Å². The maximum atomic E-state index is 14.3. The molecular weight excluding hydrogens is 309 g/mol. The van der Waals surface area contributed by atoms with Gasteiger partial charge in [-0.25, -0.2) is 4.39 Å². The Morgan fingerprint density at radius 3 is 2.63 bits per heavy atom. The van der Waals surface area contributed by atoms with Gasteiger partial charge >= 0.3 is 0 Å². The average molecular weight is 332 g/mol. The van der Waals surface area contributed by atoms with Gasteiger partial charge in [0.2, 0.25) is 0 Å². The summed E-state index contributed by atoms with van der Waals surface area (Å²) >= 11 is 3.25. The molecule has 0 radical (unpaired) electrons. The van der Waals surface area contributed by atoms with Crippen molar-refractivity contribution < 1.29 is 9.13 Å². The highest BCUT2D eigenvalue weighted by Crippen LogP contribution is 2.28. The molecule has 0 saturated heterocycles. The molecule has 0 aliphatic rings. The molecule has 0 bridgehead atoms. The Balaban J connectivity index is 3.03. The van der Waals surface area contributed by atoms with Crippen LogP contribution >= 0.6 is 15.9 Å². The van der Waals surface area contributed by atoms with Gasteiger partial charge in [0.25, 0.3) is 0 Å². The van der Waals surface area contributed by atoms with Crippen molar-refractivity contribution in [1.29, 1.82) is 0 Å². The molecule has 0 aromatic heterocycles. The standard InChI is InChI=1S/C15H23BrFNO/c1-4-10-18-15(13(5-2)19-6-3)11-8-7-9-12(16)14(11)17/h7-9,13,15,18H,4-6,10H2,1-3H3. The summed E-state index contributed by atoms with van der Waals surface area (Å²) in [5, 5.41) is 3.40. The number of benzene rings is 1. The van der Waals surface area contributed by atoms with E-state index in [9.17, 15) is 4.39 Å². The summed E-state index contributed by atoms with van der Waals surface area (Å²) in [6, 6.07) is 5.30. The lowest BCUT2D eigenvalue weighted by molar-refractivity contribution is 0.0305. The first-order valence-electron chi connectivity index (χ1n) is 6.94. The zero-order valence-corrected chi connectivity index (χ0v) is 13.5. The molecule has 1 aromatic rings. The van der Waals surface area contributed by atoms with Crippen LogP contribution in [0.5, 0.6) is 0 Å². The van der Waals surface area contributed by atoms with Gasteiger partial charge in [0.15, 0.2) is 0 Å². The minimum Gasteiger partial charge on any atom is -0.377 e. The van der Waals surface area contributed by atoms with Crippen LogP contribution in [-0.2, 0) is 4.74 Å². The molecule has 1 aromatic carbocycles. The Kier molecular flexibility index (Phi) is 7.57. The van der Waals surface area contributed by atoms with Crippen molar-refractivity contribution in [3.05, 3.63) is 34.1 Å². The van der Waals surface area contributed by atoms with Crippen LogP contribution < -0.4 is 5.32 Å². The van der Waals surface area contributed by atoms with E-state index in [0.717, 1.165) is 19.4 Å². The minimum absolute atomic E-state index is 0.0136. The molecule has 4 heteroatoms. The van der Waals surface area contributed by atoms with Crippen LogP contribution in [0.3, 0.4) is 0 Å². The monoisotopic (exact) mass is 331 g/mol. The molecule has 2 nitrogen and oxygen atoms in total. The third-order valence-corrected chi connectivity index (χ3v) is 3.70. The van der Waals surface area contributed by atoms with Gasteiger partial charge in [-0.2, -0.15) is 0 Å². The van der Waals surface area contributed by atoms with E-state index in [4.69, 9.17) is 4.74 Å². The second-order valence-corrected chi connectivity index (χ2v) is 5.33. The van der Waals surface area contributed by atoms with Crippen molar-refractivity contribution >= 4 is 15.9 Å². The van der Waals surface area contributed by atoms with Crippen molar-refractivity contribution in [1.82, 2.24) is 5.32 Å². The van der Waals surface area contributed by atoms with Crippen LogP contribution in [-0.4, -0.2) is 19.3 Å². The number of ether oxygens (including phenoxy) is 1. The lowest BCUT2D eigenvalue weighted by Gasteiger charge is -2.28. The maximum Gasteiger partial charge on any atom is 0.142 e. The second-order valence-electron chi connectivity index (χ2n) is 4.48. The van der Waals surface area contributed by atoms with Crippen molar-refractivity contribution in [2.24, 2.45) is 0 Å². The molecular formula is C15H23BrFNO. The highest BCUT2D eigenvalue weighted by Gasteiger charge is 2.25. The van der Waals surface area contributed by atoms with E-state index in [1.807, 2.05) is 19.1 Å². The molecule has 0 saturated carbocycles. The van der Waals surface area contributed by atoms with Crippen molar-refractivity contribution in [3.8, 4) is 0 Å². The second kappa shape index (κ2) is 8.67. The van der Waals surface area contributed by atoms with E-state index in [-0.39, 0.29) is 18.0 Å². The van der Waals surface area contributed by atoms with Crippen LogP contribution in [0.4, 0.5) is 4.39 Å². The first-order valence-corrected chi connectivity index (χ1v) is 7.73. The summed E-state index contributed by atoms with van der Waals surface area (Å²) in [6.07, 6.45) is 1.84. The van der Waals surface area contributed by atoms with Gasteiger partial charge in [0, 0.05) is 12.2 Å². The number of halogens is 2. The fourth-order valence-electron chi connectivity index (χ4n) is 2.17. The number of nitrogens with one attached hydrogen (secondary N) is 1. The summed E-state index contributed by atoms with van der Waals surface area (Å²) in [7, 11) is 0. The molecule has 1 rings (SSSR count). The molecule has 19 heavy (non-hydrogen) atoms. The van der Waals surface area contributed by atoms with E-state index in [1.165, 1.54) is 0 Å². The van der Waals surface area contributed by atoms with Gasteiger partial charge in [-0.05, 0) is 48.3 Å². The first kappa shape index (κ1) is 16.6. The summed E-state index contributed by atoms with van der Waals surface area (Å²) < 4.78 is 20.5. The molecule has 2 unspecified atom stereocenters. The molecule has 0 amide bonds. The lowest BCUT2D eigenvalue weighted by Crippen LogP contribution is -2.34. The third-order valence-electron chi connectivity index (χ3n) is 3.09. The molecule has 0 aliphatic heterocycles. The Morgan fingerprint density at radius 2 is 2.05 bits per heavy atom. The van der Waals surface area contributed by atoms with Crippen LogP contribution in [0.1, 0.15) is 45.2 Å². The summed E-state index contributed by atoms with van der Waals surface area (Å²) in [4.78, 5) is 0. The van der Waals surface area contributed by atoms with Crippen molar-refractivity contribution in [2.75, 3.05) is 13.2 Å². The predicted molar refractivity (Wildman–Crippen MR) is 80.8 cm³/mol. The fraction of sp³-hybridized carbons (Fsp3) is 0.600. The Hall–Kier alpha value is -0.450. The SMILES string of the molecule is CCCNC(c1cccc(Br)c1F)C(CC)OCC. The highest BCUT2D eigenvalue weighted by molar-refractivity contribution is 9.10. The van der Waals surface area contributed by atoms with E-state index in [2.05, 4.69) is 35.1 Å². The molecule has 1 N–H and O–H groups in total. The number of hydrogen-bond donors (Lipinski definition) is 1. The van der Waals surface area contributed by atoms with Gasteiger partial charge in [-0.15, -0.1) is 0 Å². The van der Waals surface area contributed by atoms with Gasteiger partial charge in [0.1, 0.15) is 5.82 Å². The van der Waals surface area contributed by atoms with Crippen LogP contribution in [0.2, 0.25) is 0 Å². The molecule has 0 fully saturated rings. The Labute approximate surface area is 123 Å². The summed E-state index contributed by atoms with van der Waals surface area (Å²) in [5.41, 5.74) is 0.670. The van der Waals surface area contributed by atoms with E-state index in [0.29, 0.717) is 16.6 Å². The Bertz CT molecular complexity index is 386. The topological polar surface area (TPSA) is 21.3 Å². The van der Waals surface area contributed by atoms with Crippen LogP contribution in [0.25, 0.3) is 0 Å². The van der Waals surface area contributed by atoms with E-state index in [1.54, 1.807) is 6.07 Å². The molecule has 0 aliphatic carbocycles. The smallest absolute Gasteiger partial charge is 0.142 e. The summed E-state index contributed by atoms with van der Waals surface area (Å²) in [6.45, 7) is 7.62. The number of rotatable bonds is 8. The highest BCUT2D eigenvalue weighted by atomic mass is 79.9. The van der Waals surface area contributed by atoms with Crippen LogP contribution in [0, 0.1) is 5.82 Å². The average Bonchev–Trinajstić information content (AvgIpc) is 2.42. The lowest BCUT2D eigenvalue weighted by atomic mass is 9.98. The zero-order valence-electron chi connectivity index (χ0n) is 11.9. The first-order chi connectivity index (χ1) is 9.15. The molecule has 0 spiro atoms. The largest absolute Gasteiger partial charge is 0.377 e. The third kappa shape index (κ3) is 4.55. The predicted octanol–water partition coefficient (Wildman–Crippen LogP) is 4.44. The van der Waals surface area contributed by atoms with Crippen LogP contribution in [0.15, 0.2) is 22.7 Å². The maximum absolute atomic E-state index is 14.3. The van der Waals surface area contributed by atoms with E-state index >= 15 is 0 Å². The van der Waals surface area contributed by atoms with Gasteiger partial charge in [-0.1, -0.05) is 26.0 Å². The summed E-state index contributed by atoms with van der Waals surface area (Å²) in [5.74, 6) is -0.200. The normalized spacial score (nSPS) is 14.4. The Morgan fingerprint density at radius 1 is 1.32 bits per heavy atom.